The van der Waals surface area contributed by atoms with Crippen molar-refractivity contribution in [2.24, 2.45) is 0 Å². The Labute approximate surface area is 151 Å². The molecule has 0 N–H and O–H groups in total. The highest BCUT2D eigenvalue weighted by Gasteiger charge is 2.75. The number of hydrogen-bond acceptors (Lipinski definition) is 5. The molecule has 0 bridgehead atoms. The first-order valence-electron chi connectivity index (χ1n) is 7.45. The van der Waals surface area contributed by atoms with Crippen molar-refractivity contribution in [1.29, 1.82) is 0 Å². The first-order valence-corrected chi connectivity index (χ1v) is 9.03. The number of halogens is 8. The van der Waals surface area contributed by atoms with Crippen LogP contribution in [0.2, 0.25) is 0 Å². The molecule has 0 aromatic heterocycles. The molecule has 0 aromatic rings. The zero-order valence-corrected chi connectivity index (χ0v) is 15.1. The first kappa shape index (κ1) is 25.7. The van der Waals surface area contributed by atoms with E-state index in [2.05, 4.69) is 36.2 Å². The molecule has 0 fully saturated rings. The lowest BCUT2D eigenvalue weighted by Crippen LogP contribution is -2.59. The van der Waals surface area contributed by atoms with Gasteiger partial charge >= 0.3 is 24.2 Å². The van der Waals surface area contributed by atoms with Crippen molar-refractivity contribution in [3.8, 4) is 0 Å². The van der Waals surface area contributed by atoms with Gasteiger partial charge in [0.2, 0.25) is 0 Å². The van der Waals surface area contributed by atoms with Gasteiger partial charge in [-0.1, -0.05) is 13.3 Å². The summed E-state index contributed by atoms with van der Waals surface area (Å²) in [5, 5.41) is 0. The smallest absolute Gasteiger partial charge is 0.378 e. The Morgan fingerprint density at radius 3 is 1.96 bits per heavy atom. The fourth-order valence-electron chi connectivity index (χ4n) is 1.79. The molecule has 1 aliphatic heterocycles. The third kappa shape index (κ3) is 7.31. The first-order chi connectivity index (χ1) is 12.0. The van der Waals surface area contributed by atoms with E-state index < -0.39 is 40.1 Å². The van der Waals surface area contributed by atoms with E-state index in [0.717, 1.165) is 6.67 Å². The van der Waals surface area contributed by atoms with Gasteiger partial charge in [-0.05, 0) is 6.42 Å². The Morgan fingerprint density at radius 1 is 1.11 bits per heavy atom. The van der Waals surface area contributed by atoms with Crippen LogP contribution in [0.5, 0.6) is 0 Å². The SMILES string of the molecule is CCCCN1C=CN(C)C1.O=S(=O)([O-])CC(F)(F)C(F)(F)C(F)(F)C(F)F. The molecule has 1 heterocycles. The average molecular weight is 435 g/mol. The van der Waals surface area contributed by atoms with Crippen molar-refractivity contribution in [2.45, 2.75) is 44.0 Å². The number of alkyl halides is 8. The second-order valence-corrected chi connectivity index (χ2v) is 7.17. The highest BCUT2D eigenvalue weighted by Crippen LogP contribution is 2.48. The van der Waals surface area contributed by atoms with Crippen molar-refractivity contribution in [1.82, 2.24) is 9.80 Å². The molecule has 0 saturated carbocycles. The monoisotopic (exact) mass is 435 g/mol. The van der Waals surface area contributed by atoms with Gasteiger partial charge in [0.05, 0.1) is 6.67 Å². The van der Waals surface area contributed by atoms with E-state index in [-0.39, 0.29) is 0 Å². The van der Waals surface area contributed by atoms with E-state index >= 15 is 0 Å². The van der Waals surface area contributed by atoms with Gasteiger partial charge in [0.25, 0.3) is 0 Å². The van der Waals surface area contributed by atoms with Crippen LogP contribution in [0.25, 0.3) is 0 Å². The molecule has 0 unspecified atom stereocenters. The molecule has 1 rings (SSSR count). The molecule has 0 spiro atoms. The average Bonchev–Trinajstić information content (AvgIpc) is 2.88. The van der Waals surface area contributed by atoms with E-state index in [1.807, 2.05) is 0 Å². The van der Waals surface area contributed by atoms with Crippen LogP contribution in [0.15, 0.2) is 12.4 Å². The minimum absolute atomic E-state index is 1.07. The van der Waals surface area contributed by atoms with Gasteiger partial charge in [-0.25, -0.2) is 17.2 Å². The fraction of sp³-hybridized carbons (Fsp3) is 0.846. The van der Waals surface area contributed by atoms with E-state index in [1.54, 1.807) is 0 Å². The van der Waals surface area contributed by atoms with Crippen molar-refractivity contribution in [3.63, 3.8) is 0 Å². The number of rotatable bonds is 8. The quantitative estimate of drug-likeness (QED) is 0.433. The summed E-state index contributed by atoms with van der Waals surface area (Å²) in [7, 11) is -3.91. The minimum atomic E-state index is -6.67. The van der Waals surface area contributed by atoms with Crippen LogP contribution >= 0.6 is 0 Å². The van der Waals surface area contributed by atoms with Crippen LogP contribution in [0.1, 0.15) is 19.8 Å². The highest BCUT2D eigenvalue weighted by molar-refractivity contribution is 7.85. The summed E-state index contributed by atoms with van der Waals surface area (Å²) in [6, 6.07) is 0. The summed E-state index contributed by atoms with van der Waals surface area (Å²) in [5.41, 5.74) is 0. The second kappa shape index (κ2) is 9.26. The summed E-state index contributed by atoms with van der Waals surface area (Å²) in [6.45, 7) is 4.50. The van der Waals surface area contributed by atoms with Crippen LogP contribution in [0, 0.1) is 0 Å². The van der Waals surface area contributed by atoms with Crippen molar-refractivity contribution < 1.29 is 48.1 Å². The molecular formula is C13H19F8N2O3S-. The van der Waals surface area contributed by atoms with Crippen LogP contribution in [0.4, 0.5) is 35.1 Å². The van der Waals surface area contributed by atoms with Gasteiger partial charge in [0.15, 0.2) is 0 Å². The van der Waals surface area contributed by atoms with Gasteiger partial charge in [-0.3, -0.25) is 0 Å². The molecule has 0 amide bonds. The molecular weight excluding hydrogens is 416 g/mol. The lowest BCUT2D eigenvalue weighted by atomic mass is 10.1. The largest absolute Gasteiger partial charge is 0.748 e. The zero-order valence-electron chi connectivity index (χ0n) is 14.3. The Kier molecular flexibility index (Phi) is 8.81. The van der Waals surface area contributed by atoms with E-state index in [0.29, 0.717) is 0 Å². The lowest BCUT2D eigenvalue weighted by molar-refractivity contribution is -0.332. The standard InChI is InChI=1S/C8H16N2.C5H4F8O3S/c1-3-4-5-10-7-6-9(2)8-10;6-2(7)4(10,11)5(12,13)3(8,9)1-17(14,15)16/h6-7H,3-5,8H2,1-2H3;2H,1H2,(H,14,15,16)/p-1. The third-order valence-electron chi connectivity index (χ3n) is 3.25. The van der Waals surface area contributed by atoms with Crippen molar-refractivity contribution in [3.05, 3.63) is 12.4 Å². The zero-order chi connectivity index (χ0) is 21.7. The normalized spacial score (nSPS) is 16.0. The Bertz CT molecular complexity index is 598. The molecule has 27 heavy (non-hydrogen) atoms. The molecule has 0 radical (unpaired) electrons. The van der Waals surface area contributed by atoms with Gasteiger partial charge in [-0.2, -0.15) is 26.3 Å². The number of hydrogen-bond donors (Lipinski definition) is 0. The topological polar surface area (TPSA) is 63.7 Å². The van der Waals surface area contributed by atoms with E-state index in [9.17, 15) is 48.1 Å². The van der Waals surface area contributed by atoms with Crippen LogP contribution in [-0.4, -0.2) is 73.0 Å². The maximum atomic E-state index is 12.4. The molecule has 0 aliphatic carbocycles. The fourth-order valence-corrected chi connectivity index (χ4v) is 2.41. The van der Waals surface area contributed by atoms with Crippen LogP contribution in [-0.2, 0) is 10.1 Å². The number of nitrogens with zero attached hydrogens (tertiary/aromatic N) is 2. The second-order valence-electron chi connectivity index (χ2n) is 5.77. The predicted molar refractivity (Wildman–Crippen MR) is 78.8 cm³/mol. The van der Waals surface area contributed by atoms with Gasteiger partial charge in [0.1, 0.15) is 15.9 Å². The van der Waals surface area contributed by atoms with Gasteiger partial charge in [0, 0.05) is 26.0 Å². The maximum absolute atomic E-state index is 12.4. The summed E-state index contributed by atoms with van der Waals surface area (Å²) in [4.78, 5) is 4.53. The third-order valence-corrected chi connectivity index (χ3v) is 3.96. The molecule has 162 valence electrons. The van der Waals surface area contributed by atoms with Crippen molar-refractivity contribution in [2.75, 3.05) is 26.0 Å². The Hall–Kier alpha value is -1.31. The molecule has 0 saturated heterocycles. The van der Waals surface area contributed by atoms with Gasteiger partial charge in [-0.15, -0.1) is 0 Å². The summed E-state index contributed by atoms with van der Waals surface area (Å²) >= 11 is 0. The van der Waals surface area contributed by atoms with E-state index in [4.69, 9.17) is 0 Å². The summed E-state index contributed by atoms with van der Waals surface area (Å²) in [5.74, 6) is -22.5. The maximum Gasteiger partial charge on any atom is 0.378 e. The molecule has 5 nitrogen and oxygen atoms in total. The lowest BCUT2D eigenvalue weighted by Gasteiger charge is -2.32. The van der Waals surface area contributed by atoms with Gasteiger partial charge < -0.3 is 14.4 Å². The molecule has 14 heteroatoms. The molecule has 0 aromatic carbocycles. The summed E-state index contributed by atoms with van der Waals surface area (Å²) in [6.07, 6.45) is 1.72. The minimum Gasteiger partial charge on any atom is -0.748 e. The Balaban J connectivity index is 0.000000569. The van der Waals surface area contributed by atoms with E-state index in [1.165, 1.54) is 19.4 Å². The highest BCUT2D eigenvalue weighted by atomic mass is 32.2. The van der Waals surface area contributed by atoms with Crippen LogP contribution < -0.4 is 0 Å². The Morgan fingerprint density at radius 2 is 1.63 bits per heavy atom. The summed E-state index contributed by atoms with van der Waals surface area (Å²) < 4.78 is 126. The van der Waals surface area contributed by atoms with Crippen molar-refractivity contribution >= 4 is 10.1 Å². The molecule has 1 aliphatic rings. The van der Waals surface area contributed by atoms with Crippen LogP contribution in [0.3, 0.4) is 0 Å². The number of unbranched alkanes of at least 4 members (excludes halogenated alkanes) is 1. The molecule has 0 atom stereocenters. The predicted octanol–water partition coefficient (Wildman–Crippen LogP) is 3.17.